The second kappa shape index (κ2) is 4.31. The van der Waals surface area contributed by atoms with Crippen molar-refractivity contribution in [2.24, 2.45) is 5.41 Å². The lowest BCUT2D eigenvalue weighted by Crippen LogP contribution is -2.24. The molecule has 0 aromatic carbocycles. The molecule has 0 bridgehead atoms. The maximum atomic E-state index is 11.4. The first-order valence-corrected chi connectivity index (χ1v) is 5.43. The first-order chi connectivity index (χ1) is 6.83. The van der Waals surface area contributed by atoms with Crippen molar-refractivity contribution >= 4 is 5.78 Å². The van der Waals surface area contributed by atoms with E-state index in [9.17, 15) is 9.90 Å². The van der Waals surface area contributed by atoms with Crippen LogP contribution in [0.1, 0.15) is 40.5 Å². The highest BCUT2D eigenvalue weighted by Gasteiger charge is 2.30. The molecule has 2 heteroatoms. The molecule has 1 aliphatic carbocycles. The zero-order chi connectivity index (χ0) is 11.6. The van der Waals surface area contributed by atoms with Crippen LogP contribution in [-0.4, -0.2) is 17.0 Å². The molecular weight excluding hydrogens is 188 g/mol. The molecule has 0 amide bonds. The normalized spacial score (nSPS) is 25.3. The fraction of sp³-hybridized carbons (Fsp3) is 0.615. The van der Waals surface area contributed by atoms with Crippen molar-refractivity contribution in [3.8, 4) is 0 Å². The minimum Gasteiger partial charge on any atom is -0.393 e. The van der Waals surface area contributed by atoms with Gasteiger partial charge in [-0.25, -0.2) is 0 Å². The third-order valence-corrected chi connectivity index (χ3v) is 2.81. The van der Waals surface area contributed by atoms with Crippen molar-refractivity contribution in [3.63, 3.8) is 0 Å². The van der Waals surface area contributed by atoms with Gasteiger partial charge in [-0.2, -0.15) is 0 Å². The molecule has 0 fully saturated rings. The Morgan fingerprint density at radius 3 is 2.67 bits per heavy atom. The Balaban J connectivity index is 2.98. The second-order valence-corrected chi connectivity index (χ2v) is 5.06. The van der Waals surface area contributed by atoms with Gasteiger partial charge in [-0.15, -0.1) is 0 Å². The van der Waals surface area contributed by atoms with Crippen LogP contribution in [0, 0.1) is 5.41 Å². The van der Waals surface area contributed by atoms with E-state index in [0.717, 1.165) is 5.57 Å². The first kappa shape index (κ1) is 12.2. The van der Waals surface area contributed by atoms with E-state index >= 15 is 0 Å². The van der Waals surface area contributed by atoms with Crippen LogP contribution in [-0.2, 0) is 4.79 Å². The minimum absolute atomic E-state index is 0.0925. The van der Waals surface area contributed by atoms with Crippen molar-refractivity contribution in [1.82, 2.24) is 0 Å². The average molecular weight is 208 g/mol. The van der Waals surface area contributed by atoms with Gasteiger partial charge in [0.25, 0.3) is 0 Å². The van der Waals surface area contributed by atoms with E-state index in [1.54, 1.807) is 13.0 Å². The Kier molecular flexibility index (Phi) is 3.50. The topological polar surface area (TPSA) is 37.3 Å². The maximum Gasteiger partial charge on any atom is 0.156 e. The average Bonchev–Trinajstić information content (AvgIpc) is 1.98. The minimum atomic E-state index is -0.321. The molecule has 84 valence electrons. The van der Waals surface area contributed by atoms with Gasteiger partial charge in [0.15, 0.2) is 5.78 Å². The van der Waals surface area contributed by atoms with E-state index < -0.39 is 0 Å². The molecule has 0 aliphatic heterocycles. The number of aliphatic hydroxyl groups excluding tert-OH is 1. The number of aliphatic hydroxyl groups is 1. The molecule has 0 radical (unpaired) electrons. The molecular formula is C13H20O2. The summed E-state index contributed by atoms with van der Waals surface area (Å²) >= 11 is 0. The molecule has 2 nitrogen and oxygen atoms in total. The van der Waals surface area contributed by atoms with Crippen LogP contribution >= 0.6 is 0 Å². The van der Waals surface area contributed by atoms with Gasteiger partial charge in [0.2, 0.25) is 0 Å². The number of hydrogen-bond donors (Lipinski definition) is 1. The molecule has 0 saturated carbocycles. The van der Waals surface area contributed by atoms with Crippen molar-refractivity contribution in [2.45, 2.75) is 46.6 Å². The van der Waals surface area contributed by atoms with Crippen molar-refractivity contribution in [2.75, 3.05) is 0 Å². The Labute approximate surface area is 91.7 Å². The third-order valence-electron chi connectivity index (χ3n) is 2.81. The van der Waals surface area contributed by atoms with Gasteiger partial charge in [-0.1, -0.05) is 19.9 Å². The summed E-state index contributed by atoms with van der Waals surface area (Å²) < 4.78 is 0. The smallest absolute Gasteiger partial charge is 0.156 e. The number of carbonyl (C=O) groups is 1. The molecule has 1 atom stereocenters. The Bertz CT molecular complexity index is 319. The van der Waals surface area contributed by atoms with Gasteiger partial charge >= 0.3 is 0 Å². The highest BCUT2D eigenvalue weighted by Crippen LogP contribution is 2.39. The zero-order valence-corrected chi connectivity index (χ0v) is 10.0. The van der Waals surface area contributed by atoms with E-state index in [4.69, 9.17) is 0 Å². The Hall–Kier alpha value is -0.890. The van der Waals surface area contributed by atoms with Crippen LogP contribution in [0.2, 0.25) is 0 Å². The van der Waals surface area contributed by atoms with E-state index in [1.165, 1.54) is 5.57 Å². The van der Waals surface area contributed by atoms with Crippen molar-refractivity contribution in [3.05, 3.63) is 23.3 Å². The lowest BCUT2D eigenvalue weighted by Gasteiger charge is -2.31. The monoisotopic (exact) mass is 208 g/mol. The predicted octanol–water partition coefficient (Wildman–Crippen LogP) is 2.63. The van der Waals surface area contributed by atoms with Gasteiger partial charge in [0.05, 0.1) is 6.10 Å². The van der Waals surface area contributed by atoms with Crippen LogP contribution in [0.25, 0.3) is 0 Å². The largest absolute Gasteiger partial charge is 0.393 e. The number of ketones is 1. The molecule has 0 unspecified atom stereocenters. The van der Waals surface area contributed by atoms with Crippen molar-refractivity contribution in [1.29, 1.82) is 0 Å². The van der Waals surface area contributed by atoms with Crippen molar-refractivity contribution < 1.29 is 9.90 Å². The summed E-state index contributed by atoms with van der Waals surface area (Å²) in [5, 5.41) is 9.26. The summed E-state index contributed by atoms with van der Waals surface area (Å²) in [5.41, 5.74) is 2.14. The lowest BCUT2D eigenvalue weighted by molar-refractivity contribution is -0.116. The third kappa shape index (κ3) is 3.03. The summed E-state index contributed by atoms with van der Waals surface area (Å²) in [6.07, 6.45) is 4.66. The summed E-state index contributed by atoms with van der Waals surface area (Å²) in [6.45, 7) is 7.90. The van der Waals surface area contributed by atoms with Gasteiger partial charge in [0.1, 0.15) is 0 Å². The molecule has 1 aliphatic rings. The molecule has 0 saturated heterocycles. The first-order valence-electron chi connectivity index (χ1n) is 5.43. The molecule has 0 aromatic rings. The summed E-state index contributed by atoms with van der Waals surface area (Å²) in [6, 6.07) is 0. The van der Waals surface area contributed by atoms with Gasteiger partial charge in [-0.05, 0) is 42.9 Å². The van der Waals surface area contributed by atoms with Crippen LogP contribution in [0.4, 0.5) is 0 Å². The number of allylic oxidation sites excluding steroid dienone is 3. The molecule has 15 heavy (non-hydrogen) atoms. The molecule has 1 rings (SSSR count). The van der Waals surface area contributed by atoms with Crippen LogP contribution in [0.15, 0.2) is 23.3 Å². The Morgan fingerprint density at radius 1 is 1.60 bits per heavy atom. The van der Waals surface area contributed by atoms with E-state index in [2.05, 4.69) is 19.9 Å². The van der Waals surface area contributed by atoms with Gasteiger partial charge in [-0.3, -0.25) is 4.79 Å². The van der Waals surface area contributed by atoms with Crippen LogP contribution in [0.3, 0.4) is 0 Å². The van der Waals surface area contributed by atoms with E-state index in [-0.39, 0.29) is 17.3 Å². The maximum absolute atomic E-state index is 11.4. The van der Waals surface area contributed by atoms with Crippen LogP contribution in [0.5, 0.6) is 0 Å². The standard InChI is InChI=1S/C13H20O2/c1-9-7-11(15)8-13(3,4)12(9)6-5-10(2)14/h6-7,10,14H,5,8H2,1-4H3/t10-/m0/s1. The molecule has 0 spiro atoms. The highest BCUT2D eigenvalue weighted by atomic mass is 16.3. The quantitative estimate of drug-likeness (QED) is 0.757. The zero-order valence-electron chi connectivity index (χ0n) is 10.0. The van der Waals surface area contributed by atoms with Gasteiger partial charge in [0, 0.05) is 6.42 Å². The lowest BCUT2D eigenvalue weighted by atomic mass is 9.72. The summed E-state index contributed by atoms with van der Waals surface area (Å²) in [4.78, 5) is 11.4. The second-order valence-electron chi connectivity index (χ2n) is 5.06. The molecule has 0 aromatic heterocycles. The number of carbonyl (C=O) groups excluding carboxylic acids is 1. The SMILES string of the molecule is CC1=CC(=O)CC(C)(C)C1=CC[C@H](C)O. The fourth-order valence-corrected chi connectivity index (χ4v) is 2.16. The number of hydrogen-bond acceptors (Lipinski definition) is 2. The molecule has 0 heterocycles. The highest BCUT2D eigenvalue weighted by molar-refractivity contribution is 5.93. The van der Waals surface area contributed by atoms with Crippen LogP contribution < -0.4 is 0 Å². The fourth-order valence-electron chi connectivity index (χ4n) is 2.16. The molecule has 1 N–H and O–H groups in total. The number of rotatable bonds is 2. The summed E-state index contributed by atoms with van der Waals surface area (Å²) in [7, 11) is 0. The van der Waals surface area contributed by atoms with E-state index in [1.807, 2.05) is 6.92 Å². The summed E-state index contributed by atoms with van der Waals surface area (Å²) in [5.74, 6) is 0.201. The van der Waals surface area contributed by atoms with E-state index in [0.29, 0.717) is 12.8 Å². The predicted molar refractivity (Wildman–Crippen MR) is 61.5 cm³/mol. The Morgan fingerprint density at radius 2 is 2.20 bits per heavy atom. The van der Waals surface area contributed by atoms with Gasteiger partial charge < -0.3 is 5.11 Å².